The Morgan fingerprint density at radius 1 is 1.04 bits per heavy atom. The fraction of sp³-hybridized carbons (Fsp3) is 0.167. The molecule has 2 amide bonds. The minimum atomic E-state index is -0.426. The molecule has 5 nitrogen and oxygen atoms in total. The predicted molar refractivity (Wildman–Crippen MR) is 84.7 cm³/mol. The number of rotatable bonds is 3. The molecule has 0 spiro atoms. The molecule has 1 aliphatic rings. The van der Waals surface area contributed by atoms with Crippen molar-refractivity contribution >= 4 is 23.5 Å². The van der Waals surface area contributed by atoms with Crippen molar-refractivity contribution in [3.8, 4) is 0 Å². The minimum absolute atomic E-state index is 0.290. The molecule has 2 aromatic carbocycles. The van der Waals surface area contributed by atoms with Crippen molar-refractivity contribution in [2.45, 2.75) is 13.8 Å². The highest BCUT2D eigenvalue weighted by atomic mass is 16.5. The maximum Gasteiger partial charge on any atom is 0.338 e. The molecule has 0 aliphatic carbocycles. The van der Waals surface area contributed by atoms with Crippen LogP contribution in [0.15, 0.2) is 42.5 Å². The van der Waals surface area contributed by atoms with Crippen LogP contribution < -0.4 is 4.90 Å². The Bertz CT molecular complexity index is 791. The van der Waals surface area contributed by atoms with Gasteiger partial charge in [-0.2, -0.15) is 0 Å². The van der Waals surface area contributed by atoms with Crippen LogP contribution in [0.25, 0.3) is 0 Å². The van der Waals surface area contributed by atoms with E-state index in [0.717, 1.165) is 4.90 Å². The van der Waals surface area contributed by atoms with Crippen molar-refractivity contribution in [1.82, 2.24) is 0 Å². The molecule has 0 bridgehead atoms. The number of fused-ring (bicyclic) bond motifs is 1. The summed E-state index contributed by atoms with van der Waals surface area (Å²) >= 11 is 0. The van der Waals surface area contributed by atoms with Crippen LogP contribution in [0.2, 0.25) is 0 Å². The van der Waals surface area contributed by atoms with E-state index in [1.165, 1.54) is 0 Å². The van der Waals surface area contributed by atoms with Gasteiger partial charge in [0, 0.05) is 0 Å². The summed E-state index contributed by atoms with van der Waals surface area (Å²) in [5.41, 5.74) is 2.32. The molecule has 0 fully saturated rings. The third kappa shape index (κ3) is 2.40. The molecule has 23 heavy (non-hydrogen) atoms. The Labute approximate surface area is 133 Å². The van der Waals surface area contributed by atoms with Crippen LogP contribution in [0.1, 0.15) is 43.6 Å². The van der Waals surface area contributed by atoms with Gasteiger partial charge in [0.2, 0.25) is 0 Å². The Hall–Kier alpha value is -2.95. The van der Waals surface area contributed by atoms with Crippen LogP contribution in [-0.2, 0) is 4.74 Å². The number of aryl methyl sites for hydroxylation is 1. The number of hydrogen-bond donors (Lipinski definition) is 0. The molecule has 0 saturated carbocycles. The standard InChI is InChI=1S/C18H15NO4/c1-3-23-18(22)12-8-9-15(11(2)10-12)19-16(20)13-6-4-5-7-14(13)17(19)21/h4-10H,3H2,1-2H3. The summed E-state index contributed by atoms with van der Waals surface area (Å²) in [7, 11) is 0. The summed E-state index contributed by atoms with van der Waals surface area (Å²) in [5.74, 6) is -1.13. The minimum Gasteiger partial charge on any atom is -0.462 e. The molecule has 0 atom stereocenters. The number of amides is 2. The van der Waals surface area contributed by atoms with Gasteiger partial charge >= 0.3 is 5.97 Å². The second-order valence-corrected chi connectivity index (χ2v) is 5.21. The summed E-state index contributed by atoms with van der Waals surface area (Å²) in [5, 5.41) is 0. The van der Waals surface area contributed by atoms with Gasteiger partial charge in [0.1, 0.15) is 0 Å². The maximum absolute atomic E-state index is 12.5. The zero-order valence-electron chi connectivity index (χ0n) is 12.8. The van der Waals surface area contributed by atoms with Crippen LogP contribution in [0, 0.1) is 6.92 Å². The zero-order valence-corrected chi connectivity index (χ0v) is 12.8. The molecule has 0 unspecified atom stereocenters. The number of imide groups is 1. The summed E-state index contributed by atoms with van der Waals surface area (Å²) < 4.78 is 4.95. The van der Waals surface area contributed by atoms with E-state index in [9.17, 15) is 14.4 Å². The first-order chi connectivity index (χ1) is 11.0. The largest absolute Gasteiger partial charge is 0.462 e. The van der Waals surface area contributed by atoms with Gasteiger partial charge in [0.25, 0.3) is 11.8 Å². The number of benzene rings is 2. The third-order valence-electron chi connectivity index (χ3n) is 3.74. The average molecular weight is 309 g/mol. The van der Waals surface area contributed by atoms with E-state index in [1.54, 1.807) is 56.3 Å². The molecule has 3 rings (SSSR count). The van der Waals surface area contributed by atoms with Crippen LogP contribution >= 0.6 is 0 Å². The quantitative estimate of drug-likeness (QED) is 0.646. The summed E-state index contributed by atoms with van der Waals surface area (Å²) in [4.78, 5) is 37.9. The van der Waals surface area contributed by atoms with E-state index in [1.807, 2.05) is 0 Å². The van der Waals surface area contributed by atoms with E-state index in [4.69, 9.17) is 4.74 Å². The average Bonchev–Trinajstić information content (AvgIpc) is 2.80. The SMILES string of the molecule is CCOC(=O)c1ccc(N2C(=O)c3ccccc3C2=O)c(C)c1. The Morgan fingerprint density at radius 2 is 1.65 bits per heavy atom. The lowest BCUT2D eigenvalue weighted by Gasteiger charge is -2.17. The van der Waals surface area contributed by atoms with Crippen molar-refractivity contribution in [2.75, 3.05) is 11.5 Å². The Kier molecular flexibility index (Phi) is 3.70. The fourth-order valence-electron chi connectivity index (χ4n) is 2.66. The number of carbonyl (C=O) groups is 3. The van der Waals surface area contributed by atoms with Crippen LogP contribution in [-0.4, -0.2) is 24.4 Å². The van der Waals surface area contributed by atoms with Gasteiger partial charge in [-0.15, -0.1) is 0 Å². The molecule has 1 heterocycles. The molecule has 0 aromatic heterocycles. The summed E-state index contributed by atoms with van der Waals surface area (Å²) in [6, 6.07) is 11.5. The van der Waals surface area contributed by atoms with Gasteiger partial charge < -0.3 is 4.74 Å². The monoisotopic (exact) mass is 309 g/mol. The van der Waals surface area contributed by atoms with Gasteiger partial charge in [0.15, 0.2) is 0 Å². The molecule has 0 saturated heterocycles. The van der Waals surface area contributed by atoms with Gasteiger partial charge in [-0.25, -0.2) is 9.69 Å². The van der Waals surface area contributed by atoms with E-state index < -0.39 is 5.97 Å². The van der Waals surface area contributed by atoms with E-state index in [0.29, 0.717) is 27.9 Å². The molecule has 0 radical (unpaired) electrons. The number of nitrogens with zero attached hydrogens (tertiary/aromatic N) is 1. The zero-order chi connectivity index (χ0) is 16.6. The van der Waals surface area contributed by atoms with E-state index >= 15 is 0 Å². The van der Waals surface area contributed by atoms with Crippen LogP contribution in [0.4, 0.5) is 5.69 Å². The lowest BCUT2D eigenvalue weighted by molar-refractivity contribution is 0.0526. The van der Waals surface area contributed by atoms with Crippen molar-refractivity contribution in [3.05, 3.63) is 64.7 Å². The molecular formula is C18H15NO4. The Morgan fingerprint density at radius 3 is 2.17 bits per heavy atom. The third-order valence-corrected chi connectivity index (χ3v) is 3.74. The molecule has 2 aromatic rings. The molecule has 116 valence electrons. The number of esters is 1. The molecular weight excluding hydrogens is 294 g/mol. The number of carbonyl (C=O) groups excluding carboxylic acids is 3. The Balaban J connectivity index is 1.99. The highest BCUT2D eigenvalue weighted by Gasteiger charge is 2.36. The highest BCUT2D eigenvalue weighted by molar-refractivity contribution is 6.34. The van der Waals surface area contributed by atoms with Crippen molar-refractivity contribution < 1.29 is 19.1 Å². The normalized spacial score (nSPS) is 13.2. The van der Waals surface area contributed by atoms with Gasteiger partial charge in [-0.1, -0.05) is 12.1 Å². The van der Waals surface area contributed by atoms with Crippen LogP contribution in [0.5, 0.6) is 0 Å². The second kappa shape index (κ2) is 5.68. The predicted octanol–water partition coefficient (Wildman–Crippen LogP) is 2.97. The maximum atomic E-state index is 12.5. The van der Waals surface area contributed by atoms with Crippen molar-refractivity contribution in [2.24, 2.45) is 0 Å². The van der Waals surface area contributed by atoms with Gasteiger partial charge in [-0.3, -0.25) is 9.59 Å². The number of ether oxygens (including phenoxy) is 1. The first kappa shape index (κ1) is 15.0. The van der Waals surface area contributed by atoms with Crippen molar-refractivity contribution in [1.29, 1.82) is 0 Å². The first-order valence-corrected chi connectivity index (χ1v) is 7.30. The number of anilines is 1. The second-order valence-electron chi connectivity index (χ2n) is 5.21. The van der Waals surface area contributed by atoms with Crippen molar-refractivity contribution in [3.63, 3.8) is 0 Å². The molecule has 0 N–H and O–H groups in total. The molecule has 5 heteroatoms. The van der Waals surface area contributed by atoms with E-state index in [-0.39, 0.29) is 18.4 Å². The van der Waals surface area contributed by atoms with Gasteiger partial charge in [0.05, 0.1) is 29.0 Å². The lowest BCUT2D eigenvalue weighted by atomic mass is 10.1. The van der Waals surface area contributed by atoms with Gasteiger partial charge in [-0.05, 0) is 49.7 Å². The number of hydrogen-bond acceptors (Lipinski definition) is 4. The van der Waals surface area contributed by atoms with E-state index in [2.05, 4.69) is 0 Å². The summed E-state index contributed by atoms with van der Waals surface area (Å²) in [6.07, 6.45) is 0. The fourth-order valence-corrected chi connectivity index (χ4v) is 2.66. The first-order valence-electron chi connectivity index (χ1n) is 7.30. The highest BCUT2D eigenvalue weighted by Crippen LogP contribution is 2.31. The topological polar surface area (TPSA) is 63.7 Å². The van der Waals surface area contributed by atoms with Crippen LogP contribution in [0.3, 0.4) is 0 Å². The summed E-state index contributed by atoms with van der Waals surface area (Å²) in [6.45, 7) is 3.78. The lowest BCUT2D eigenvalue weighted by Crippen LogP contribution is -2.30. The smallest absolute Gasteiger partial charge is 0.338 e. The molecule has 1 aliphatic heterocycles.